The first-order chi connectivity index (χ1) is 16.0. The van der Waals surface area contributed by atoms with Crippen molar-refractivity contribution in [2.75, 3.05) is 12.9 Å². The van der Waals surface area contributed by atoms with E-state index in [2.05, 4.69) is 5.32 Å². The number of carbonyl (C=O) groups is 2. The van der Waals surface area contributed by atoms with Crippen molar-refractivity contribution < 1.29 is 14.3 Å². The lowest BCUT2D eigenvalue weighted by atomic mass is 10.1. The molecule has 0 spiro atoms. The number of ether oxygens (including phenoxy) is 1. The van der Waals surface area contributed by atoms with E-state index >= 15 is 0 Å². The average molecular weight is 489 g/mol. The van der Waals surface area contributed by atoms with Gasteiger partial charge in [0, 0.05) is 23.4 Å². The van der Waals surface area contributed by atoms with Crippen molar-refractivity contribution in [3.8, 4) is 5.75 Å². The molecule has 0 heterocycles. The van der Waals surface area contributed by atoms with Crippen molar-refractivity contribution in [2.24, 2.45) is 0 Å². The second-order valence-electron chi connectivity index (χ2n) is 8.37. The van der Waals surface area contributed by atoms with Crippen molar-refractivity contribution in [3.05, 3.63) is 64.7 Å². The largest absolute Gasteiger partial charge is 0.497 e. The number of nitrogens with one attached hydrogen (secondary N) is 1. The van der Waals surface area contributed by atoms with E-state index in [0.717, 1.165) is 42.6 Å². The first kappa shape index (κ1) is 25.4. The molecule has 2 aromatic rings. The number of hydrogen-bond donors (Lipinski definition) is 1. The van der Waals surface area contributed by atoms with Gasteiger partial charge in [-0.2, -0.15) is 0 Å². The summed E-state index contributed by atoms with van der Waals surface area (Å²) < 4.78 is 5.25. The number of thioether (sulfide) groups is 1. The maximum absolute atomic E-state index is 13.4. The molecule has 3 rings (SSSR count). The summed E-state index contributed by atoms with van der Waals surface area (Å²) >= 11 is 7.78. The molecule has 0 bridgehead atoms. The SMILES string of the molecule is CC[C@@H](C(=O)NC1CCCC1)N(Cc1ccc(OC)cc1)C(=O)CSCc1ccccc1Cl. The first-order valence-electron chi connectivity index (χ1n) is 11.6. The third kappa shape index (κ3) is 7.41. The monoisotopic (exact) mass is 488 g/mol. The van der Waals surface area contributed by atoms with Crippen LogP contribution >= 0.6 is 23.4 Å². The van der Waals surface area contributed by atoms with Crippen LogP contribution in [0.4, 0.5) is 0 Å². The molecule has 1 aliphatic carbocycles. The molecule has 7 heteroatoms. The zero-order valence-electron chi connectivity index (χ0n) is 19.4. The van der Waals surface area contributed by atoms with E-state index in [4.69, 9.17) is 16.3 Å². The summed E-state index contributed by atoms with van der Waals surface area (Å²) in [5.41, 5.74) is 1.97. The Balaban J connectivity index is 1.71. The number of nitrogens with zero attached hydrogens (tertiary/aromatic N) is 1. The topological polar surface area (TPSA) is 58.6 Å². The summed E-state index contributed by atoms with van der Waals surface area (Å²) in [6.45, 7) is 2.34. The molecule has 178 valence electrons. The van der Waals surface area contributed by atoms with Crippen LogP contribution in [0.25, 0.3) is 0 Å². The third-order valence-corrected chi connectivity index (χ3v) is 7.38. The van der Waals surface area contributed by atoms with E-state index in [1.54, 1.807) is 12.0 Å². The fourth-order valence-electron chi connectivity index (χ4n) is 4.16. The van der Waals surface area contributed by atoms with Gasteiger partial charge in [0.05, 0.1) is 12.9 Å². The van der Waals surface area contributed by atoms with Crippen molar-refractivity contribution in [2.45, 2.75) is 63.4 Å². The van der Waals surface area contributed by atoms with Gasteiger partial charge >= 0.3 is 0 Å². The van der Waals surface area contributed by atoms with Crippen molar-refractivity contribution >= 4 is 35.2 Å². The number of hydrogen-bond acceptors (Lipinski definition) is 4. The molecule has 0 saturated heterocycles. The second-order valence-corrected chi connectivity index (χ2v) is 9.76. The Hall–Kier alpha value is -2.18. The van der Waals surface area contributed by atoms with Crippen LogP contribution in [0.5, 0.6) is 5.75 Å². The predicted octanol–water partition coefficient (Wildman–Crippen LogP) is 5.45. The summed E-state index contributed by atoms with van der Waals surface area (Å²) in [5.74, 6) is 1.60. The number of carbonyl (C=O) groups excluding carboxylic acids is 2. The highest BCUT2D eigenvalue weighted by Gasteiger charge is 2.30. The molecular weight excluding hydrogens is 456 g/mol. The van der Waals surface area contributed by atoms with E-state index in [9.17, 15) is 9.59 Å². The number of rotatable bonds is 11. The molecule has 1 N–H and O–H groups in total. The van der Waals surface area contributed by atoms with Crippen LogP contribution in [0.1, 0.15) is 50.2 Å². The van der Waals surface area contributed by atoms with Crippen molar-refractivity contribution in [3.63, 3.8) is 0 Å². The summed E-state index contributed by atoms with van der Waals surface area (Å²) in [4.78, 5) is 28.2. The Morgan fingerprint density at radius 3 is 2.48 bits per heavy atom. The molecule has 1 aliphatic rings. The molecule has 1 fully saturated rings. The van der Waals surface area contributed by atoms with Gasteiger partial charge in [-0.15, -0.1) is 11.8 Å². The number of benzene rings is 2. The highest BCUT2D eigenvalue weighted by Crippen LogP contribution is 2.23. The molecule has 5 nitrogen and oxygen atoms in total. The first-order valence-corrected chi connectivity index (χ1v) is 13.1. The van der Waals surface area contributed by atoms with Crippen LogP contribution in [-0.4, -0.2) is 41.7 Å². The third-order valence-electron chi connectivity index (χ3n) is 6.04. The summed E-state index contributed by atoms with van der Waals surface area (Å²) in [6.07, 6.45) is 4.89. The van der Waals surface area contributed by atoms with Crippen LogP contribution < -0.4 is 10.1 Å². The zero-order valence-corrected chi connectivity index (χ0v) is 21.0. The van der Waals surface area contributed by atoms with Gasteiger partial charge < -0.3 is 15.0 Å². The number of methoxy groups -OCH3 is 1. The second kappa shape index (κ2) is 12.9. The molecule has 2 amide bonds. The Bertz CT molecular complexity index is 916. The van der Waals surface area contributed by atoms with Gasteiger partial charge in [-0.25, -0.2) is 0 Å². The Morgan fingerprint density at radius 1 is 1.15 bits per heavy atom. The molecule has 0 aliphatic heterocycles. The van der Waals surface area contributed by atoms with E-state index in [1.807, 2.05) is 55.5 Å². The maximum Gasteiger partial charge on any atom is 0.243 e. The summed E-state index contributed by atoms with van der Waals surface area (Å²) in [6, 6.07) is 15.0. The van der Waals surface area contributed by atoms with Gasteiger partial charge in [0.25, 0.3) is 0 Å². The zero-order chi connectivity index (χ0) is 23.6. The van der Waals surface area contributed by atoms with Gasteiger partial charge in [0.2, 0.25) is 11.8 Å². The van der Waals surface area contributed by atoms with Crippen molar-refractivity contribution in [1.29, 1.82) is 0 Å². The van der Waals surface area contributed by atoms with Gasteiger partial charge in [-0.3, -0.25) is 9.59 Å². The standard InChI is InChI=1S/C26H33ClN2O3S/c1-3-24(26(31)28-21-9-5-6-10-21)29(16-19-12-14-22(32-2)15-13-19)25(30)18-33-17-20-8-4-7-11-23(20)27/h4,7-8,11-15,21,24H,3,5-6,9-10,16-18H2,1-2H3,(H,28,31)/t24-/m0/s1. The van der Waals surface area contributed by atoms with Gasteiger partial charge in [0.15, 0.2) is 0 Å². The minimum atomic E-state index is -0.499. The van der Waals surface area contributed by atoms with E-state index in [0.29, 0.717) is 23.7 Å². The van der Waals surface area contributed by atoms with Crippen LogP contribution in [0, 0.1) is 0 Å². The quantitative estimate of drug-likeness (QED) is 0.457. The fourth-order valence-corrected chi connectivity index (χ4v) is 5.36. The highest BCUT2D eigenvalue weighted by molar-refractivity contribution is 7.99. The van der Waals surface area contributed by atoms with Crippen LogP contribution in [0.2, 0.25) is 5.02 Å². The van der Waals surface area contributed by atoms with Crippen LogP contribution in [0.3, 0.4) is 0 Å². The lowest BCUT2D eigenvalue weighted by molar-refractivity contribution is -0.139. The van der Waals surface area contributed by atoms with Crippen LogP contribution in [0.15, 0.2) is 48.5 Å². The smallest absolute Gasteiger partial charge is 0.243 e. The normalized spacial score (nSPS) is 14.6. The number of amides is 2. The van der Waals surface area contributed by atoms with E-state index in [-0.39, 0.29) is 23.6 Å². The minimum absolute atomic E-state index is 0.0451. The fraction of sp³-hybridized carbons (Fsp3) is 0.462. The molecular formula is C26H33ClN2O3S. The molecule has 2 aromatic carbocycles. The molecule has 0 aromatic heterocycles. The highest BCUT2D eigenvalue weighted by atomic mass is 35.5. The Kier molecular flexibility index (Phi) is 9.95. The van der Waals surface area contributed by atoms with Crippen molar-refractivity contribution in [1.82, 2.24) is 10.2 Å². The van der Waals surface area contributed by atoms with E-state index in [1.165, 1.54) is 11.8 Å². The molecule has 0 radical (unpaired) electrons. The lowest BCUT2D eigenvalue weighted by Gasteiger charge is -2.31. The Morgan fingerprint density at radius 2 is 1.85 bits per heavy atom. The molecule has 1 atom stereocenters. The van der Waals surface area contributed by atoms with E-state index < -0.39 is 6.04 Å². The summed E-state index contributed by atoms with van der Waals surface area (Å²) in [5, 5.41) is 3.89. The van der Waals surface area contributed by atoms with Crippen LogP contribution in [-0.2, 0) is 21.9 Å². The molecule has 33 heavy (non-hydrogen) atoms. The van der Waals surface area contributed by atoms with Gasteiger partial charge in [0.1, 0.15) is 11.8 Å². The molecule has 1 saturated carbocycles. The maximum atomic E-state index is 13.4. The summed E-state index contributed by atoms with van der Waals surface area (Å²) in [7, 11) is 1.63. The minimum Gasteiger partial charge on any atom is -0.497 e. The molecule has 0 unspecified atom stereocenters. The lowest BCUT2D eigenvalue weighted by Crippen LogP contribution is -2.51. The van der Waals surface area contributed by atoms with Gasteiger partial charge in [-0.1, -0.05) is 61.7 Å². The Labute approximate surface area is 206 Å². The number of halogens is 1. The predicted molar refractivity (Wildman–Crippen MR) is 136 cm³/mol. The average Bonchev–Trinajstić information content (AvgIpc) is 3.33. The van der Waals surface area contributed by atoms with Gasteiger partial charge in [-0.05, 0) is 48.6 Å².